The van der Waals surface area contributed by atoms with Gasteiger partial charge in [0.15, 0.2) is 0 Å². The molecule has 2 aromatic rings. The van der Waals surface area contributed by atoms with Crippen molar-refractivity contribution in [2.45, 2.75) is 44.3 Å². The summed E-state index contributed by atoms with van der Waals surface area (Å²) >= 11 is 1.37. The summed E-state index contributed by atoms with van der Waals surface area (Å²) in [5, 5.41) is 29.5. The number of rotatable bonds is 10. The molecule has 2 aromatic carbocycles. The van der Waals surface area contributed by atoms with E-state index >= 15 is 0 Å². The number of carbonyl (C=O) groups excluding carboxylic acids is 1. The summed E-state index contributed by atoms with van der Waals surface area (Å²) in [6, 6.07) is 18.0. The van der Waals surface area contributed by atoms with E-state index in [9.17, 15) is 19.8 Å². The van der Waals surface area contributed by atoms with Gasteiger partial charge < -0.3 is 15.3 Å². The van der Waals surface area contributed by atoms with Crippen LogP contribution in [0.2, 0.25) is 0 Å². The third kappa shape index (κ3) is 7.75. The number of carboxylic acid groups (broad SMARTS) is 1. The predicted octanol–water partition coefficient (Wildman–Crippen LogP) is 3.81. The molecule has 5 nitrogen and oxygen atoms in total. The Labute approximate surface area is 199 Å². The first-order valence-electron chi connectivity index (χ1n) is 11.3. The largest absolute Gasteiger partial charge is 0.481 e. The first kappa shape index (κ1) is 25.0. The van der Waals surface area contributed by atoms with Gasteiger partial charge in [-0.2, -0.15) is 11.8 Å². The van der Waals surface area contributed by atoms with Crippen LogP contribution in [0.25, 0.3) is 11.1 Å². The van der Waals surface area contributed by atoms with Gasteiger partial charge in [0.2, 0.25) is 0 Å². The number of carbonyl (C=O) groups is 2. The van der Waals surface area contributed by atoms with Gasteiger partial charge in [0.1, 0.15) is 11.9 Å². The molecule has 33 heavy (non-hydrogen) atoms. The first-order chi connectivity index (χ1) is 15.9. The molecule has 0 radical (unpaired) electrons. The van der Waals surface area contributed by atoms with Crippen molar-refractivity contribution in [1.29, 1.82) is 0 Å². The van der Waals surface area contributed by atoms with Crippen LogP contribution in [0.4, 0.5) is 0 Å². The summed E-state index contributed by atoms with van der Waals surface area (Å²) in [7, 11) is 0. The van der Waals surface area contributed by atoms with Crippen LogP contribution in [0.3, 0.4) is 0 Å². The maximum Gasteiger partial charge on any atom is 0.313 e. The van der Waals surface area contributed by atoms with E-state index in [-0.39, 0.29) is 23.9 Å². The molecule has 174 valence electrons. The smallest absolute Gasteiger partial charge is 0.313 e. The fraction of sp³-hybridized carbons (Fsp3) is 0.407. The third-order valence-electron chi connectivity index (χ3n) is 5.83. The number of hydrogen-bond donors (Lipinski definition) is 3. The second-order valence-electron chi connectivity index (χ2n) is 8.39. The molecule has 1 aliphatic carbocycles. The molecule has 0 amide bonds. The van der Waals surface area contributed by atoms with Crippen LogP contribution in [0.1, 0.15) is 31.2 Å². The lowest BCUT2D eigenvalue weighted by atomic mass is 9.89. The second-order valence-corrected chi connectivity index (χ2v) is 9.49. The molecule has 1 aliphatic rings. The van der Waals surface area contributed by atoms with E-state index in [2.05, 4.69) is 11.8 Å². The molecular formula is C27H30O5S. The second kappa shape index (κ2) is 12.6. The average molecular weight is 467 g/mol. The fourth-order valence-electron chi connectivity index (χ4n) is 4.19. The molecular weight excluding hydrogens is 436 g/mol. The third-order valence-corrected chi connectivity index (χ3v) is 6.86. The van der Waals surface area contributed by atoms with Gasteiger partial charge in [-0.25, -0.2) is 0 Å². The Hall–Kier alpha value is -2.59. The minimum atomic E-state index is -0.882. The van der Waals surface area contributed by atoms with Crippen molar-refractivity contribution < 1.29 is 24.9 Å². The molecule has 3 N–H and O–H groups in total. The predicted molar refractivity (Wildman–Crippen MR) is 131 cm³/mol. The number of thioether (sulfide) groups is 1. The molecule has 6 heteroatoms. The number of aliphatic hydroxyl groups excluding tert-OH is 2. The summed E-state index contributed by atoms with van der Waals surface area (Å²) in [6.45, 7) is 0. The van der Waals surface area contributed by atoms with Crippen LogP contribution in [0.5, 0.6) is 0 Å². The zero-order chi connectivity index (χ0) is 23.6. The Bertz CT molecular complexity index is 994. The Balaban J connectivity index is 1.55. The van der Waals surface area contributed by atoms with Gasteiger partial charge in [0, 0.05) is 18.8 Å². The first-order valence-corrected chi connectivity index (χ1v) is 12.4. The van der Waals surface area contributed by atoms with Gasteiger partial charge in [-0.1, -0.05) is 72.9 Å². The number of ketones is 1. The van der Waals surface area contributed by atoms with E-state index in [0.717, 1.165) is 35.3 Å². The average Bonchev–Trinajstić information content (AvgIpc) is 3.07. The van der Waals surface area contributed by atoms with Crippen molar-refractivity contribution in [3.05, 3.63) is 60.2 Å². The number of Topliss-reactive ketones (excluding diaryl/α,β-unsaturated/α-hetero) is 1. The van der Waals surface area contributed by atoms with E-state index in [1.54, 1.807) is 0 Å². The Morgan fingerprint density at radius 3 is 2.61 bits per heavy atom. The van der Waals surface area contributed by atoms with Gasteiger partial charge in [-0.15, -0.1) is 0 Å². The Kier molecular flexibility index (Phi) is 9.56. The van der Waals surface area contributed by atoms with Crippen molar-refractivity contribution in [2.24, 2.45) is 11.8 Å². The van der Waals surface area contributed by atoms with Gasteiger partial charge in [0.05, 0.1) is 17.8 Å². The number of unbranched alkanes of at least 4 members (excludes halogenated alkanes) is 1. The molecule has 0 aromatic heterocycles. The van der Waals surface area contributed by atoms with E-state index in [0.29, 0.717) is 12.8 Å². The Morgan fingerprint density at radius 2 is 1.85 bits per heavy atom. The number of benzene rings is 2. The van der Waals surface area contributed by atoms with E-state index in [1.807, 2.05) is 54.6 Å². The van der Waals surface area contributed by atoms with E-state index in [1.165, 1.54) is 11.8 Å². The summed E-state index contributed by atoms with van der Waals surface area (Å²) in [5.74, 6) is 5.07. The van der Waals surface area contributed by atoms with Crippen LogP contribution in [0.15, 0.2) is 54.6 Å². The van der Waals surface area contributed by atoms with Crippen molar-refractivity contribution in [2.75, 3.05) is 11.5 Å². The van der Waals surface area contributed by atoms with Crippen molar-refractivity contribution >= 4 is 23.5 Å². The minimum Gasteiger partial charge on any atom is -0.481 e. The molecule has 1 fully saturated rings. The zero-order valence-electron chi connectivity index (χ0n) is 18.5. The number of hydrogen-bond acceptors (Lipinski definition) is 5. The van der Waals surface area contributed by atoms with Crippen LogP contribution in [-0.2, 0) is 16.0 Å². The maximum absolute atomic E-state index is 12.3. The molecule has 1 saturated carbocycles. The molecule has 0 aliphatic heterocycles. The highest BCUT2D eigenvalue weighted by Crippen LogP contribution is 2.33. The van der Waals surface area contributed by atoms with E-state index in [4.69, 9.17) is 5.11 Å². The summed E-state index contributed by atoms with van der Waals surface area (Å²) in [4.78, 5) is 22.9. The molecule has 0 unspecified atom stereocenters. The van der Waals surface area contributed by atoms with Gasteiger partial charge in [-0.05, 0) is 35.3 Å². The lowest BCUT2D eigenvalue weighted by molar-refractivity contribution is -0.134. The molecule has 3 rings (SSSR count). The topological polar surface area (TPSA) is 94.8 Å². The van der Waals surface area contributed by atoms with Crippen LogP contribution < -0.4 is 0 Å². The highest BCUT2D eigenvalue weighted by Gasteiger charge is 2.40. The molecule has 0 spiro atoms. The Morgan fingerprint density at radius 1 is 1.09 bits per heavy atom. The molecule has 0 saturated heterocycles. The highest BCUT2D eigenvalue weighted by molar-refractivity contribution is 7.99. The number of aliphatic carboxylic acids is 1. The van der Waals surface area contributed by atoms with Gasteiger partial charge in [-0.3, -0.25) is 9.59 Å². The van der Waals surface area contributed by atoms with Gasteiger partial charge in [0.25, 0.3) is 0 Å². The fourth-order valence-corrected chi connectivity index (χ4v) is 4.92. The monoisotopic (exact) mass is 466 g/mol. The SMILES string of the molecule is O=C(O)CSCCCC[C@H]1C(=O)C[C@@H](O)[C@@H]1C#C[C@@H](O)Cc1cccc(-c2ccccc2)c1. The van der Waals surface area contributed by atoms with Crippen molar-refractivity contribution in [3.63, 3.8) is 0 Å². The standard InChI is InChI=1S/C27H30O5S/c28-22(16-19-7-6-10-21(15-19)20-8-2-1-3-9-20)12-13-24-23(25(29)17-26(24)30)11-4-5-14-33-18-27(31)32/h1-3,6-10,15,22-24,26,28,30H,4-5,11,14,16-18H2,(H,31,32)/t22-,23-,24-,26-/m1/s1. The van der Waals surface area contributed by atoms with Gasteiger partial charge >= 0.3 is 5.97 Å². The lowest BCUT2D eigenvalue weighted by Gasteiger charge is -2.15. The molecule has 4 atom stereocenters. The van der Waals surface area contributed by atoms with E-state index < -0.39 is 24.1 Å². The number of aliphatic hydroxyl groups is 2. The number of carboxylic acids is 1. The minimum absolute atomic E-state index is 0.0186. The van der Waals surface area contributed by atoms with Crippen LogP contribution in [-0.4, -0.2) is 50.8 Å². The normalized spacial score (nSPS) is 20.8. The maximum atomic E-state index is 12.3. The summed E-state index contributed by atoms with van der Waals surface area (Å²) in [5.41, 5.74) is 3.15. The highest BCUT2D eigenvalue weighted by atomic mass is 32.2. The van der Waals surface area contributed by atoms with Crippen molar-refractivity contribution in [3.8, 4) is 23.0 Å². The summed E-state index contributed by atoms with van der Waals surface area (Å²) in [6.07, 6.45) is 1.01. The van der Waals surface area contributed by atoms with Crippen LogP contribution in [0, 0.1) is 23.7 Å². The molecule has 0 heterocycles. The lowest BCUT2D eigenvalue weighted by Crippen LogP contribution is -2.20. The van der Waals surface area contributed by atoms with Crippen molar-refractivity contribution in [1.82, 2.24) is 0 Å². The summed E-state index contributed by atoms with van der Waals surface area (Å²) < 4.78 is 0. The molecule has 0 bridgehead atoms. The quantitative estimate of drug-likeness (QED) is 0.364. The van der Waals surface area contributed by atoms with Crippen LogP contribution >= 0.6 is 11.8 Å². The zero-order valence-corrected chi connectivity index (χ0v) is 19.3.